The fourth-order valence-corrected chi connectivity index (χ4v) is 7.49. The summed E-state index contributed by atoms with van der Waals surface area (Å²) in [6.45, 7) is 4.82. The number of nitrogens with one attached hydrogen (secondary N) is 1. The van der Waals surface area contributed by atoms with E-state index in [1.165, 1.54) is 167 Å². The molecule has 0 radical (unpaired) electrons. The molecule has 2 unspecified atom stereocenters. The Balaban J connectivity index is 3.45. The van der Waals surface area contributed by atoms with Crippen molar-refractivity contribution >= 4 is 11.9 Å². The lowest BCUT2D eigenvalue weighted by atomic mass is 10.0. The van der Waals surface area contributed by atoms with Gasteiger partial charge in [-0.25, -0.2) is 0 Å². The SMILES string of the molecule is CCCCC/C=C\C/C=C\CCCCCCCCCC(=O)OCCCCCCCCCCCCCCCCC(=O)NC(CO)C(O)/C=C/CCCCCCCCCC. The third-order valence-corrected chi connectivity index (χ3v) is 11.4. The average Bonchev–Trinajstić information content (AvgIpc) is 3.22. The molecule has 0 heterocycles. The van der Waals surface area contributed by atoms with E-state index in [0.717, 1.165) is 64.2 Å². The van der Waals surface area contributed by atoms with Crippen LogP contribution in [0.15, 0.2) is 36.5 Å². The van der Waals surface area contributed by atoms with E-state index in [0.29, 0.717) is 19.4 Å². The summed E-state index contributed by atoms with van der Waals surface area (Å²) in [4.78, 5) is 24.4. The van der Waals surface area contributed by atoms with E-state index >= 15 is 0 Å². The van der Waals surface area contributed by atoms with Gasteiger partial charge in [0, 0.05) is 12.8 Å². The highest BCUT2D eigenvalue weighted by atomic mass is 16.5. The maximum absolute atomic E-state index is 12.4. The van der Waals surface area contributed by atoms with Crippen molar-refractivity contribution in [3.8, 4) is 0 Å². The summed E-state index contributed by atoms with van der Waals surface area (Å²) in [7, 11) is 0. The number of esters is 1. The number of hydrogen-bond acceptors (Lipinski definition) is 5. The number of carbonyl (C=O) groups is 2. The van der Waals surface area contributed by atoms with E-state index in [2.05, 4.69) is 43.5 Å². The van der Waals surface area contributed by atoms with Crippen LogP contribution in [-0.2, 0) is 14.3 Å². The second-order valence-corrected chi connectivity index (χ2v) is 17.1. The highest BCUT2D eigenvalue weighted by Crippen LogP contribution is 2.15. The maximum atomic E-state index is 12.4. The van der Waals surface area contributed by atoms with Crippen LogP contribution in [0.4, 0.5) is 0 Å². The lowest BCUT2D eigenvalue weighted by molar-refractivity contribution is -0.143. The Kier molecular flexibility index (Phi) is 46.2. The maximum Gasteiger partial charge on any atom is 0.305 e. The monoisotopic (exact) mass is 816 g/mol. The number of aliphatic hydroxyl groups excluding tert-OH is 2. The lowest BCUT2D eigenvalue weighted by Gasteiger charge is -2.20. The molecule has 0 aliphatic carbocycles. The van der Waals surface area contributed by atoms with Gasteiger partial charge in [0.2, 0.25) is 5.91 Å². The molecule has 6 nitrogen and oxygen atoms in total. The fourth-order valence-electron chi connectivity index (χ4n) is 7.49. The fraction of sp³-hybridized carbons (Fsp3) is 0.846. The van der Waals surface area contributed by atoms with Gasteiger partial charge in [-0.05, 0) is 64.2 Å². The third kappa shape index (κ3) is 43.7. The predicted molar refractivity (Wildman–Crippen MR) is 250 cm³/mol. The van der Waals surface area contributed by atoms with E-state index in [1.807, 2.05) is 6.08 Å². The number of rotatable bonds is 46. The minimum Gasteiger partial charge on any atom is -0.466 e. The van der Waals surface area contributed by atoms with Gasteiger partial charge in [-0.3, -0.25) is 9.59 Å². The Labute approximate surface area is 360 Å². The molecular formula is C52H97NO5. The van der Waals surface area contributed by atoms with Crippen molar-refractivity contribution < 1.29 is 24.5 Å². The van der Waals surface area contributed by atoms with E-state index in [-0.39, 0.29) is 18.5 Å². The van der Waals surface area contributed by atoms with Crippen LogP contribution in [-0.4, -0.2) is 47.4 Å². The summed E-state index contributed by atoms with van der Waals surface area (Å²) in [6, 6.07) is -0.634. The van der Waals surface area contributed by atoms with Crippen LogP contribution in [0.5, 0.6) is 0 Å². The summed E-state index contributed by atoms with van der Waals surface area (Å²) in [6.07, 6.45) is 57.1. The zero-order valence-corrected chi connectivity index (χ0v) is 38.5. The van der Waals surface area contributed by atoms with E-state index in [1.54, 1.807) is 6.08 Å². The van der Waals surface area contributed by atoms with E-state index in [4.69, 9.17) is 4.74 Å². The molecule has 0 aliphatic rings. The highest BCUT2D eigenvalue weighted by molar-refractivity contribution is 5.76. The van der Waals surface area contributed by atoms with Gasteiger partial charge in [-0.1, -0.05) is 217 Å². The molecule has 0 aromatic carbocycles. The van der Waals surface area contributed by atoms with Crippen molar-refractivity contribution in [2.24, 2.45) is 0 Å². The Hall–Kier alpha value is -1.92. The quantitative estimate of drug-likeness (QED) is 0.0323. The summed E-state index contributed by atoms with van der Waals surface area (Å²) in [5.41, 5.74) is 0. The number of aliphatic hydroxyl groups is 2. The van der Waals surface area contributed by atoms with Gasteiger partial charge in [-0.15, -0.1) is 0 Å². The van der Waals surface area contributed by atoms with Crippen molar-refractivity contribution in [2.75, 3.05) is 13.2 Å². The van der Waals surface area contributed by atoms with Gasteiger partial charge in [0.15, 0.2) is 0 Å². The van der Waals surface area contributed by atoms with Gasteiger partial charge < -0.3 is 20.3 Å². The molecule has 6 heteroatoms. The number of ether oxygens (including phenoxy) is 1. The molecule has 3 N–H and O–H groups in total. The van der Waals surface area contributed by atoms with Crippen molar-refractivity contribution in [1.82, 2.24) is 5.32 Å². The van der Waals surface area contributed by atoms with E-state index < -0.39 is 12.1 Å². The molecule has 58 heavy (non-hydrogen) atoms. The van der Waals surface area contributed by atoms with Gasteiger partial charge in [0.25, 0.3) is 0 Å². The first-order chi connectivity index (χ1) is 28.5. The first-order valence-electron chi connectivity index (χ1n) is 25.3. The molecule has 0 saturated heterocycles. The Morgan fingerprint density at radius 1 is 0.483 bits per heavy atom. The molecule has 340 valence electrons. The van der Waals surface area contributed by atoms with Crippen LogP contribution in [0, 0.1) is 0 Å². The van der Waals surface area contributed by atoms with Crippen molar-refractivity contribution in [1.29, 1.82) is 0 Å². The van der Waals surface area contributed by atoms with Crippen LogP contribution in [0.25, 0.3) is 0 Å². The standard InChI is InChI=1S/C52H97NO5/c1-3-5-7-9-11-13-15-16-17-18-19-23-26-30-34-38-42-46-52(57)58-47-43-39-35-31-27-24-21-20-22-25-29-33-37-41-45-51(56)53-49(48-54)50(55)44-40-36-32-28-14-12-10-8-6-4-2/h11,13,16-17,40,44,49-50,54-55H,3-10,12,14-15,18-39,41-43,45-48H2,1-2H3,(H,53,56)/b13-11-,17-16-,44-40+. The zero-order chi connectivity index (χ0) is 42.3. The molecule has 0 bridgehead atoms. The largest absolute Gasteiger partial charge is 0.466 e. The van der Waals surface area contributed by atoms with Crippen LogP contribution < -0.4 is 5.32 Å². The number of amides is 1. The second-order valence-electron chi connectivity index (χ2n) is 17.1. The Bertz CT molecular complexity index is 946. The number of hydrogen-bond donors (Lipinski definition) is 3. The number of allylic oxidation sites excluding steroid dienone is 5. The molecule has 0 rings (SSSR count). The van der Waals surface area contributed by atoms with Crippen molar-refractivity contribution in [3.63, 3.8) is 0 Å². The average molecular weight is 816 g/mol. The normalized spacial score (nSPS) is 13.0. The molecule has 1 amide bonds. The summed E-state index contributed by atoms with van der Waals surface area (Å²) in [5, 5.41) is 22.9. The van der Waals surface area contributed by atoms with Gasteiger partial charge in [-0.2, -0.15) is 0 Å². The van der Waals surface area contributed by atoms with E-state index in [9.17, 15) is 19.8 Å². The molecule has 0 saturated carbocycles. The molecule has 2 atom stereocenters. The lowest BCUT2D eigenvalue weighted by Crippen LogP contribution is -2.45. The molecule has 0 aromatic rings. The summed E-state index contributed by atoms with van der Waals surface area (Å²) >= 11 is 0. The number of carbonyl (C=O) groups excluding carboxylic acids is 2. The minimum atomic E-state index is -0.850. The second kappa shape index (κ2) is 47.8. The summed E-state index contributed by atoms with van der Waals surface area (Å²) < 4.78 is 5.46. The summed E-state index contributed by atoms with van der Waals surface area (Å²) in [5.74, 6) is -0.0938. The van der Waals surface area contributed by atoms with Crippen LogP contribution in [0.1, 0.15) is 258 Å². The van der Waals surface area contributed by atoms with Gasteiger partial charge in [0.1, 0.15) is 0 Å². The Morgan fingerprint density at radius 2 is 0.862 bits per heavy atom. The zero-order valence-electron chi connectivity index (χ0n) is 38.5. The third-order valence-electron chi connectivity index (χ3n) is 11.4. The first-order valence-corrected chi connectivity index (χ1v) is 25.3. The molecule has 0 spiro atoms. The topological polar surface area (TPSA) is 95.9 Å². The molecule has 0 fully saturated rings. The van der Waals surface area contributed by atoms with Gasteiger partial charge in [0.05, 0.1) is 25.4 Å². The first kappa shape index (κ1) is 56.1. The van der Waals surface area contributed by atoms with Crippen LogP contribution in [0.3, 0.4) is 0 Å². The van der Waals surface area contributed by atoms with Crippen molar-refractivity contribution in [3.05, 3.63) is 36.5 Å². The van der Waals surface area contributed by atoms with Gasteiger partial charge >= 0.3 is 5.97 Å². The van der Waals surface area contributed by atoms with Crippen molar-refractivity contribution in [2.45, 2.75) is 270 Å². The minimum absolute atomic E-state index is 0.0121. The number of unbranched alkanes of at least 4 members (excludes halogenated alkanes) is 31. The Morgan fingerprint density at radius 3 is 1.34 bits per heavy atom. The smallest absolute Gasteiger partial charge is 0.305 e. The van der Waals surface area contributed by atoms with Crippen LogP contribution >= 0.6 is 0 Å². The molecule has 0 aromatic heterocycles. The predicted octanol–water partition coefficient (Wildman–Crippen LogP) is 14.9. The highest BCUT2D eigenvalue weighted by Gasteiger charge is 2.18. The van der Waals surface area contributed by atoms with Crippen LogP contribution in [0.2, 0.25) is 0 Å². The molecular weight excluding hydrogens is 719 g/mol. The molecule has 0 aliphatic heterocycles.